The van der Waals surface area contributed by atoms with Gasteiger partial charge in [0.25, 0.3) is 0 Å². The topological polar surface area (TPSA) is 54.1 Å². The fraction of sp³-hybridized carbons (Fsp3) is 0.636. The maximum absolute atomic E-state index is 8.41. The van der Waals surface area contributed by atoms with E-state index in [1.165, 1.54) is 0 Å². The van der Waals surface area contributed by atoms with Gasteiger partial charge in [0, 0.05) is 38.3 Å². The van der Waals surface area contributed by atoms with E-state index in [-0.39, 0.29) is 0 Å². The third-order valence-electron chi connectivity index (χ3n) is 2.32. The molecule has 0 saturated carbocycles. The Morgan fingerprint density at radius 1 is 0.933 bits per heavy atom. The normalized spacial score (nSPS) is 14.0. The molecule has 1 aliphatic rings. The monoisotopic (exact) mass is 204 g/mol. The van der Waals surface area contributed by atoms with Gasteiger partial charge >= 0.3 is 0 Å². The van der Waals surface area contributed by atoms with E-state index in [4.69, 9.17) is 10.5 Å². The summed E-state index contributed by atoms with van der Waals surface area (Å²) in [6.07, 6.45) is 7.21. The number of hydrogen-bond donors (Lipinski definition) is 0. The van der Waals surface area contributed by atoms with Gasteiger partial charge in [-0.15, -0.1) is 0 Å². The van der Waals surface area contributed by atoms with Crippen LogP contribution in [-0.2, 0) is 0 Å². The molecule has 0 N–H and O–H groups in total. The molecule has 1 heterocycles. The summed E-state index contributed by atoms with van der Waals surface area (Å²) in [6, 6.07) is 4.29. The van der Waals surface area contributed by atoms with Crippen LogP contribution in [0, 0.1) is 22.7 Å². The predicted molar refractivity (Wildman–Crippen MR) is 57.1 cm³/mol. The molecule has 0 aromatic rings. The van der Waals surface area contributed by atoms with Gasteiger partial charge in [-0.3, -0.25) is 0 Å². The van der Waals surface area contributed by atoms with E-state index in [1.54, 1.807) is 0 Å². The van der Waals surface area contributed by atoms with E-state index >= 15 is 0 Å². The first kappa shape index (κ1) is 11.4. The Hall–Kier alpha value is -1.68. The Labute approximate surface area is 91.0 Å². The van der Waals surface area contributed by atoms with E-state index in [0.29, 0.717) is 12.8 Å². The van der Waals surface area contributed by atoms with E-state index in [9.17, 15) is 0 Å². The second kappa shape index (κ2) is 6.73. The Kier molecular flexibility index (Phi) is 5.11. The van der Waals surface area contributed by atoms with Gasteiger partial charge in [0.05, 0.1) is 18.8 Å². The molecule has 1 rings (SSSR count). The third-order valence-corrected chi connectivity index (χ3v) is 2.32. The molecule has 0 aliphatic carbocycles. The number of rotatable bonds is 6. The zero-order valence-corrected chi connectivity index (χ0v) is 8.89. The van der Waals surface area contributed by atoms with Gasteiger partial charge in [-0.1, -0.05) is 0 Å². The highest BCUT2D eigenvalue weighted by molar-refractivity contribution is 4.91. The van der Waals surface area contributed by atoms with Crippen molar-refractivity contribution in [2.75, 3.05) is 19.8 Å². The first-order valence-corrected chi connectivity index (χ1v) is 5.27. The smallest absolute Gasteiger partial charge is 0.0893 e. The van der Waals surface area contributed by atoms with Crippen molar-refractivity contribution in [2.45, 2.75) is 25.7 Å². The molecule has 0 saturated heterocycles. The van der Waals surface area contributed by atoms with Gasteiger partial charge < -0.3 is 9.80 Å². The minimum absolute atomic E-state index is 0.624. The van der Waals surface area contributed by atoms with Crippen LogP contribution in [0.15, 0.2) is 12.4 Å². The highest BCUT2D eigenvalue weighted by atomic mass is 15.3. The van der Waals surface area contributed by atoms with Crippen molar-refractivity contribution in [3.8, 4) is 12.1 Å². The summed E-state index contributed by atoms with van der Waals surface area (Å²) in [5.41, 5.74) is 0. The van der Waals surface area contributed by atoms with Crippen molar-refractivity contribution in [3.05, 3.63) is 12.4 Å². The molecular weight excluding hydrogens is 188 g/mol. The quantitative estimate of drug-likeness (QED) is 0.617. The van der Waals surface area contributed by atoms with Gasteiger partial charge in [0.1, 0.15) is 0 Å². The Bertz CT molecular complexity index is 256. The van der Waals surface area contributed by atoms with Crippen molar-refractivity contribution in [3.63, 3.8) is 0 Å². The Balaban J connectivity index is 2.09. The summed E-state index contributed by atoms with van der Waals surface area (Å²) in [5, 5.41) is 16.8. The van der Waals surface area contributed by atoms with Crippen LogP contribution in [-0.4, -0.2) is 29.6 Å². The zero-order chi connectivity index (χ0) is 10.9. The molecular formula is C11H16N4. The fourth-order valence-corrected chi connectivity index (χ4v) is 1.53. The lowest BCUT2D eigenvalue weighted by Crippen LogP contribution is -2.26. The summed E-state index contributed by atoms with van der Waals surface area (Å²) in [6.45, 7) is 2.79. The van der Waals surface area contributed by atoms with Gasteiger partial charge in [-0.2, -0.15) is 10.5 Å². The molecule has 0 spiro atoms. The van der Waals surface area contributed by atoms with Gasteiger partial charge in [0.15, 0.2) is 0 Å². The van der Waals surface area contributed by atoms with E-state index < -0.39 is 0 Å². The summed E-state index contributed by atoms with van der Waals surface area (Å²) in [7, 11) is 0. The largest absolute Gasteiger partial charge is 0.359 e. The summed E-state index contributed by atoms with van der Waals surface area (Å²) in [5.74, 6) is 0. The summed E-state index contributed by atoms with van der Waals surface area (Å²) in [4.78, 5) is 4.40. The van der Waals surface area contributed by atoms with E-state index in [2.05, 4.69) is 34.3 Å². The molecule has 80 valence electrons. The lowest BCUT2D eigenvalue weighted by Gasteiger charge is -2.20. The highest BCUT2D eigenvalue weighted by Crippen LogP contribution is 2.08. The van der Waals surface area contributed by atoms with Crippen LogP contribution < -0.4 is 0 Å². The first-order valence-electron chi connectivity index (χ1n) is 5.27. The molecule has 0 aromatic carbocycles. The first-order chi connectivity index (χ1) is 7.36. The standard InChI is InChI=1S/C11H16N4/c12-5-1-3-7-14-9-10-15(11-14)8-4-2-6-13/h9-10H,1-4,7-8,11H2. The molecule has 15 heavy (non-hydrogen) atoms. The average molecular weight is 204 g/mol. The van der Waals surface area contributed by atoms with Gasteiger partial charge in [0.2, 0.25) is 0 Å². The lowest BCUT2D eigenvalue weighted by molar-refractivity contribution is 0.262. The maximum atomic E-state index is 8.41. The Morgan fingerprint density at radius 2 is 1.40 bits per heavy atom. The molecule has 0 radical (unpaired) electrons. The second-order valence-electron chi connectivity index (χ2n) is 3.59. The molecule has 4 nitrogen and oxygen atoms in total. The molecule has 1 aliphatic heterocycles. The van der Waals surface area contributed by atoms with Crippen LogP contribution in [0.25, 0.3) is 0 Å². The molecule has 0 aromatic heterocycles. The summed E-state index contributed by atoms with van der Waals surface area (Å²) < 4.78 is 0. The molecule has 0 unspecified atom stereocenters. The SMILES string of the molecule is N#CCCCN1C=CN(CCCC#N)C1. The van der Waals surface area contributed by atoms with Crippen LogP contribution >= 0.6 is 0 Å². The maximum Gasteiger partial charge on any atom is 0.0893 e. The molecule has 4 heteroatoms. The minimum Gasteiger partial charge on any atom is -0.359 e. The number of nitriles is 2. The van der Waals surface area contributed by atoms with Crippen molar-refractivity contribution in [1.82, 2.24) is 9.80 Å². The molecule has 0 amide bonds. The van der Waals surface area contributed by atoms with Gasteiger partial charge in [-0.25, -0.2) is 0 Å². The fourth-order valence-electron chi connectivity index (χ4n) is 1.53. The van der Waals surface area contributed by atoms with Crippen molar-refractivity contribution in [2.24, 2.45) is 0 Å². The second-order valence-corrected chi connectivity index (χ2v) is 3.59. The van der Waals surface area contributed by atoms with Crippen molar-refractivity contribution < 1.29 is 0 Å². The van der Waals surface area contributed by atoms with E-state index in [1.807, 2.05) is 0 Å². The molecule has 0 atom stereocenters. The van der Waals surface area contributed by atoms with Crippen LogP contribution in [0.2, 0.25) is 0 Å². The van der Waals surface area contributed by atoms with Crippen LogP contribution in [0.1, 0.15) is 25.7 Å². The number of unbranched alkanes of at least 4 members (excludes halogenated alkanes) is 2. The Morgan fingerprint density at radius 3 is 1.80 bits per heavy atom. The minimum atomic E-state index is 0.624. The van der Waals surface area contributed by atoms with Crippen LogP contribution in [0.5, 0.6) is 0 Å². The third kappa shape index (κ3) is 4.37. The number of nitrogens with zero attached hydrogens (tertiary/aromatic N) is 4. The number of hydrogen-bond acceptors (Lipinski definition) is 4. The van der Waals surface area contributed by atoms with Crippen molar-refractivity contribution >= 4 is 0 Å². The van der Waals surface area contributed by atoms with Crippen LogP contribution in [0.3, 0.4) is 0 Å². The van der Waals surface area contributed by atoms with Gasteiger partial charge in [-0.05, 0) is 12.8 Å². The zero-order valence-electron chi connectivity index (χ0n) is 8.89. The molecule has 0 bridgehead atoms. The van der Waals surface area contributed by atoms with Crippen LogP contribution in [0.4, 0.5) is 0 Å². The summed E-state index contributed by atoms with van der Waals surface area (Å²) >= 11 is 0. The highest BCUT2D eigenvalue weighted by Gasteiger charge is 2.10. The molecule has 0 fully saturated rings. The predicted octanol–water partition coefficient (Wildman–Crippen LogP) is 1.64. The average Bonchev–Trinajstić information content (AvgIpc) is 2.67. The van der Waals surface area contributed by atoms with Crippen molar-refractivity contribution in [1.29, 1.82) is 10.5 Å². The lowest BCUT2D eigenvalue weighted by atomic mass is 10.3. The van der Waals surface area contributed by atoms with E-state index in [0.717, 1.165) is 32.6 Å².